The lowest BCUT2D eigenvalue weighted by Gasteiger charge is -2.17. The van der Waals surface area contributed by atoms with Crippen LogP contribution in [-0.2, 0) is 20.1 Å². The Labute approximate surface area is 206 Å². The summed E-state index contributed by atoms with van der Waals surface area (Å²) in [7, 11) is 0. The molecule has 1 N–H and O–H groups in total. The van der Waals surface area contributed by atoms with Gasteiger partial charge < -0.3 is 10.1 Å². The molecule has 1 amide bonds. The van der Waals surface area contributed by atoms with Crippen LogP contribution >= 0.6 is 35.0 Å². The number of rotatable bonds is 10. The fourth-order valence-electron chi connectivity index (χ4n) is 3.09. The molecule has 2 aromatic carbocycles. The second-order valence-electron chi connectivity index (χ2n) is 7.14. The van der Waals surface area contributed by atoms with E-state index < -0.39 is 12.0 Å². The first-order chi connectivity index (χ1) is 15.9. The number of ether oxygens (including phenoxy) is 1. The molecule has 1 atom stereocenters. The highest BCUT2D eigenvalue weighted by Gasteiger charge is 2.23. The van der Waals surface area contributed by atoms with Crippen molar-refractivity contribution >= 4 is 46.8 Å². The first-order valence-electron chi connectivity index (χ1n) is 10.4. The Balaban J connectivity index is 1.84. The van der Waals surface area contributed by atoms with E-state index in [0.717, 1.165) is 5.56 Å². The molecule has 0 aliphatic heterocycles. The third kappa shape index (κ3) is 6.96. The summed E-state index contributed by atoms with van der Waals surface area (Å²) >= 11 is 14.2. The molecule has 3 aromatic rings. The van der Waals surface area contributed by atoms with Gasteiger partial charge >= 0.3 is 5.97 Å². The molecular formula is C23H24Cl2N4O3S. The summed E-state index contributed by atoms with van der Waals surface area (Å²) < 4.78 is 6.68. The smallest absolute Gasteiger partial charge is 0.306 e. The van der Waals surface area contributed by atoms with Crippen LogP contribution in [-0.4, -0.2) is 33.2 Å². The molecule has 10 heteroatoms. The highest BCUT2D eigenvalue weighted by atomic mass is 35.5. The van der Waals surface area contributed by atoms with Crippen LogP contribution in [0.15, 0.2) is 53.7 Å². The zero-order chi connectivity index (χ0) is 23.8. The number of amides is 1. The van der Waals surface area contributed by atoms with Crippen molar-refractivity contribution in [2.75, 3.05) is 6.61 Å². The summed E-state index contributed by atoms with van der Waals surface area (Å²) in [5.41, 5.74) is 1.75. The number of nitrogens with zero attached hydrogens (tertiary/aromatic N) is 3. The van der Waals surface area contributed by atoms with Crippen LogP contribution in [0.3, 0.4) is 0 Å². The number of hydrogen-bond acceptors (Lipinski definition) is 6. The van der Waals surface area contributed by atoms with Gasteiger partial charge in [0.15, 0.2) is 11.0 Å². The van der Waals surface area contributed by atoms with Gasteiger partial charge in [-0.15, -0.1) is 10.2 Å². The molecule has 0 fully saturated rings. The second-order valence-corrected chi connectivity index (χ2v) is 8.93. The van der Waals surface area contributed by atoms with Crippen LogP contribution in [0.1, 0.15) is 44.1 Å². The second kappa shape index (κ2) is 12.1. The van der Waals surface area contributed by atoms with Gasteiger partial charge in [0.1, 0.15) is 0 Å². The highest BCUT2D eigenvalue weighted by molar-refractivity contribution is 7.98. The van der Waals surface area contributed by atoms with Crippen molar-refractivity contribution in [1.82, 2.24) is 20.1 Å². The minimum absolute atomic E-state index is 0.0113. The number of carbonyl (C=O) groups is 2. The normalized spacial score (nSPS) is 11.8. The minimum Gasteiger partial charge on any atom is -0.466 e. The number of esters is 1. The topological polar surface area (TPSA) is 86.1 Å². The van der Waals surface area contributed by atoms with Gasteiger partial charge in [0.2, 0.25) is 5.91 Å². The van der Waals surface area contributed by atoms with Crippen molar-refractivity contribution in [2.24, 2.45) is 0 Å². The lowest BCUT2D eigenvalue weighted by molar-refractivity contribution is -0.144. The molecule has 0 saturated heterocycles. The first-order valence-corrected chi connectivity index (χ1v) is 12.2. The van der Waals surface area contributed by atoms with Crippen LogP contribution in [0.4, 0.5) is 0 Å². The van der Waals surface area contributed by atoms with Gasteiger partial charge in [0, 0.05) is 17.2 Å². The number of carbonyl (C=O) groups excluding carboxylic acids is 2. The molecule has 7 nitrogen and oxygen atoms in total. The lowest BCUT2D eigenvalue weighted by Crippen LogP contribution is -2.29. The molecule has 0 aliphatic carbocycles. The number of thioether (sulfide) groups is 1. The van der Waals surface area contributed by atoms with Crippen molar-refractivity contribution < 1.29 is 14.3 Å². The van der Waals surface area contributed by atoms with Gasteiger partial charge in [0.05, 0.1) is 29.8 Å². The fourth-order valence-corrected chi connectivity index (χ4v) is 4.36. The zero-order valence-electron chi connectivity index (χ0n) is 18.3. The maximum Gasteiger partial charge on any atom is 0.306 e. The van der Waals surface area contributed by atoms with Crippen LogP contribution in [0.25, 0.3) is 5.69 Å². The van der Waals surface area contributed by atoms with E-state index in [1.165, 1.54) is 11.8 Å². The Morgan fingerprint density at radius 3 is 2.61 bits per heavy atom. The molecule has 33 heavy (non-hydrogen) atoms. The Bertz CT molecular complexity index is 1110. The number of halogens is 2. The monoisotopic (exact) mass is 506 g/mol. The molecule has 174 valence electrons. The molecule has 0 spiro atoms. The average Bonchev–Trinajstić information content (AvgIpc) is 3.22. The predicted molar refractivity (Wildman–Crippen MR) is 130 cm³/mol. The molecule has 1 unspecified atom stereocenters. The molecule has 1 heterocycles. The highest BCUT2D eigenvalue weighted by Crippen LogP contribution is 2.32. The number of benzene rings is 2. The van der Waals surface area contributed by atoms with Gasteiger partial charge in [-0.3, -0.25) is 14.2 Å². The SMILES string of the molecule is CCOC(=O)CCC(=O)NC(C)c1nnc(SCc2ccccc2)n1-c1cc(Cl)ccc1Cl. The Hall–Kier alpha value is -2.55. The van der Waals surface area contributed by atoms with Gasteiger partial charge in [-0.1, -0.05) is 65.3 Å². The Morgan fingerprint density at radius 2 is 1.88 bits per heavy atom. The molecule has 0 saturated carbocycles. The van der Waals surface area contributed by atoms with E-state index >= 15 is 0 Å². The summed E-state index contributed by atoms with van der Waals surface area (Å²) in [6.07, 6.45) is 0.0300. The van der Waals surface area contributed by atoms with E-state index in [1.807, 2.05) is 30.3 Å². The van der Waals surface area contributed by atoms with E-state index in [2.05, 4.69) is 15.5 Å². The van der Waals surface area contributed by atoms with Crippen LogP contribution in [0.2, 0.25) is 10.0 Å². The quantitative estimate of drug-likeness (QED) is 0.293. The van der Waals surface area contributed by atoms with Crippen molar-refractivity contribution in [3.63, 3.8) is 0 Å². The first kappa shape index (κ1) is 25.1. The molecule has 0 radical (unpaired) electrons. The van der Waals surface area contributed by atoms with Crippen molar-refractivity contribution in [3.05, 3.63) is 70.0 Å². The van der Waals surface area contributed by atoms with Gasteiger partial charge in [-0.05, 0) is 37.6 Å². The molecular weight excluding hydrogens is 483 g/mol. The molecule has 1 aromatic heterocycles. The summed E-state index contributed by atoms with van der Waals surface area (Å²) in [6, 6.07) is 14.6. The zero-order valence-corrected chi connectivity index (χ0v) is 20.6. The number of aromatic nitrogens is 3. The van der Waals surface area contributed by atoms with Crippen LogP contribution in [0, 0.1) is 0 Å². The van der Waals surface area contributed by atoms with Crippen molar-refractivity contribution in [1.29, 1.82) is 0 Å². The Morgan fingerprint density at radius 1 is 1.12 bits per heavy atom. The maximum atomic E-state index is 12.4. The summed E-state index contributed by atoms with van der Waals surface area (Å²) in [6.45, 7) is 3.80. The maximum absolute atomic E-state index is 12.4. The van der Waals surface area contributed by atoms with E-state index in [4.69, 9.17) is 27.9 Å². The lowest BCUT2D eigenvalue weighted by atomic mass is 10.2. The largest absolute Gasteiger partial charge is 0.466 e. The molecule has 0 bridgehead atoms. The molecule has 0 aliphatic rings. The molecule has 3 rings (SSSR count). The number of hydrogen-bond donors (Lipinski definition) is 1. The van der Waals surface area contributed by atoms with Gasteiger partial charge in [-0.2, -0.15) is 0 Å². The van der Waals surface area contributed by atoms with Crippen LogP contribution in [0.5, 0.6) is 0 Å². The minimum atomic E-state index is -0.492. The van der Waals surface area contributed by atoms with Gasteiger partial charge in [-0.25, -0.2) is 0 Å². The average molecular weight is 507 g/mol. The summed E-state index contributed by atoms with van der Waals surface area (Å²) in [5.74, 6) is 0.478. The number of nitrogens with one attached hydrogen (secondary N) is 1. The predicted octanol–water partition coefficient (Wildman–Crippen LogP) is 5.39. The van der Waals surface area contributed by atoms with Crippen molar-refractivity contribution in [2.45, 2.75) is 43.6 Å². The third-order valence-electron chi connectivity index (χ3n) is 4.64. The summed E-state index contributed by atoms with van der Waals surface area (Å²) in [4.78, 5) is 23.9. The van der Waals surface area contributed by atoms with E-state index in [0.29, 0.717) is 32.5 Å². The van der Waals surface area contributed by atoms with E-state index in [9.17, 15) is 9.59 Å². The van der Waals surface area contributed by atoms with E-state index in [1.54, 1.807) is 36.6 Å². The van der Waals surface area contributed by atoms with Crippen molar-refractivity contribution in [3.8, 4) is 5.69 Å². The van der Waals surface area contributed by atoms with Gasteiger partial charge in [0.25, 0.3) is 0 Å². The van der Waals surface area contributed by atoms with Crippen LogP contribution < -0.4 is 5.32 Å². The third-order valence-corrected chi connectivity index (χ3v) is 6.20. The standard InChI is InChI=1S/C23H24Cl2N4O3S/c1-3-32-21(31)12-11-20(30)26-15(2)22-27-28-23(33-14-16-7-5-4-6-8-16)29(22)19-13-17(24)9-10-18(19)25/h4-10,13,15H,3,11-12,14H2,1-2H3,(H,26,30). The fraction of sp³-hybridized carbons (Fsp3) is 0.304. The Kier molecular flexibility index (Phi) is 9.17. The summed E-state index contributed by atoms with van der Waals surface area (Å²) in [5, 5.41) is 13.2. The van der Waals surface area contributed by atoms with E-state index in [-0.39, 0.29) is 25.4 Å².